The fourth-order valence-electron chi connectivity index (χ4n) is 3.17. The van der Waals surface area contributed by atoms with Gasteiger partial charge in [0.2, 0.25) is 0 Å². The summed E-state index contributed by atoms with van der Waals surface area (Å²) in [6, 6.07) is 18.0. The van der Waals surface area contributed by atoms with Crippen molar-refractivity contribution in [3.63, 3.8) is 0 Å². The highest BCUT2D eigenvalue weighted by molar-refractivity contribution is 6.34. The van der Waals surface area contributed by atoms with Gasteiger partial charge in [0.25, 0.3) is 0 Å². The molecule has 0 saturated carbocycles. The minimum absolute atomic E-state index is 0.510. The monoisotopic (exact) mass is 352 g/mol. The van der Waals surface area contributed by atoms with E-state index < -0.39 is 5.60 Å². The lowest BCUT2D eigenvalue weighted by atomic mass is 9.88. The van der Waals surface area contributed by atoms with Crippen LogP contribution < -0.4 is 0 Å². The number of rotatable bonds is 5. The van der Waals surface area contributed by atoms with Crippen molar-refractivity contribution in [3.05, 3.63) is 83.4 Å². The molecule has 25 heavy (non-hydrogen) atoms. The van der Waals surface area contributed by atoms with E-state index in [0.717, 1.165) is 17.7 Å². The second-order valence-corrected chi connectivity index (χ2v) is 6.63. The molecule has 1 unspecified atom stereocenters. The van der Waals surface area contributed by atoms with Gasteiger partial charge in [0.15, 0.2) is 5.60 Å². The Morgan fingerprint density at radius 2 is 1.88 bits per heavy atom. The number of benzene rings is 2. The van der Waals surface area contributed by atoms with E-state index in [2.05, 4.69) is 27.4 Å². The van der Waals surface area contributed by atoms with Gasteiger partial charge in [-0.3, -0.25) is 0 Å². The zero-order valence-electron chi connectivity index (χ0n) is 13.5. The minimum atomic E-state index is -0.510. The van der Waals surface area contributed by atoms with Crippen LogP contribution >= 0.6 is 11.6 Å². The molecule has 3 aromatic rings. The summed E-state index contributed by atoms with van der Waals surface area (Å²) in [5, 5.41) is 9.28. The van der Waals surface area contributed by atoms with Crippen LogP contribution in [0.5, 0.6) is 0 Å². The summed E-state index contributed by atoms with van der Waals surface area (Å²) in [7, 11) is 0. The minimum Gasteiger partial charge on any atom is -0.386 e. The topological polar surface area (TPSA) is 52.3 Å². The average Bonchev–Trinajstić information content (AvgIpc) is 3.27. The van der Waals surface area contributed by atoms with Crippen molar-refractivity contribution < 1.29 is 4.84 Å². The maximum Gasteiger partial charge on any atom is 0.166 e. The predicted octanol–water partition coefficient (Wildman–Crippen LogP) is 3.74. The highest BCUT2D eigenvalue weighted by Gasteiger charge is 2.41. The Morgan fingerprint density at radius 1 is 1.08 bits per heavy atom. The highest BCUT2D eigenvalue weighted by atomic mass is 35.5. The van der Waals surface area contributed by atoms with Crippen molar-refractivity contribution in [3.8, 4) is 0 Å². The molecule has 4 rings (SSSR count). The molecule has 1 aromatic heterocycles. The van der Waals surface area contributed by atoms with Crippen molar-refractivity contribution in [1.82, 2.24) is 14.8 Å². The molecule has 0 bridgehead atoms. The average molecular weight is 353 g/mol. The maximum atomic E-state index is 6.34. The third-order valence-corrected chi connectivity index (χ3v) is 4.64. The normalized spacial score (nSPS) is 19.5. The molecule has 0 aliphatic carbocycles. The zero-order chi connectivity index (χ0) is 17.1. The number of aromatic nitrogens is 3. The summed E-state index contributed by atoms with van der Waals surface area (Å²) in [6.07, 6.45) is 4.61. The Morgan fingerprint density at radius 3 is 2.64 bits per heavy atom. The molecule has 5 nitrogen and oxygen atoms in total. The van der Waals surface area contributed by atoms with Gasteiger partial charge in [-0.2, -0.15) is 5.10 Å². The van der Waals surface area contributed by atoms with Crippen LogP contribution in [-0.2, 0) is 17.8 Å². The van der Waals surface area contributed by atoms with Gasteiger partial charge in [0, 0.05) is 23.4 Å². The first-order valence-electron chi connectivity index (χ1n) is 8.10. The van der Waals surface area contributed by atoms with Crippen molar-refractivity contribution >= 4 is 17.3 Å². The fraction of sp³-hybridized carbons (Fsp3) is 0.211. The van der Waals surface area contributed by atoms with Crippen LogP contribution in [0.15, 0.2) is 72.4 Å². The van der Waals surface area contributed by atoms with Gasteiger partial charge in [-0.1, -0.05) is 65.3 Å². The van der Waals surface area contributed by atoms with Crippen LogP contribution in [0.1, 0.15) is 17.5 Å². The van der Waals surface area contributed by atoms with Crippen molar-refractivity contribution in [1.29, 1.82) is 0 Å². The molecule has 1 atom stereocenters. The SMILES string of the molecule is Clc1ccccc1C1=NOC(Cc2ccccc2)(Cn2cncn2)C1. The van der Waals surface area contributed by atoms with E-state index in [1.54, 1.807) is 11.0 Å². The van der Waals surface area contributed by atoms with Crippen LogP contribution in [0, 0.1) is 0 Å². The molecule has 2 heterocycles. The van der Waals surface area contributed by atoms with Gasteiger partial charge in [-0.25, -0.2) is 9.67 Å². The molecule has 0 amide bonds. The summed E-state index contributed by atoms with van der Waals surface area (Å²) in [4.78, 5) is 10.0. The maximum absolute atomic E-state index is 6.34. The second kappa shape index (κ2) is 6.69. The fourth-order valence-corrected chi connectivity index (χ4v) is 3.42. The van der Waals surface area contributed by atoms with Gasteiger partial charge in [0.1, 0.15) is 12.7 Å². The molecule has 0 N–H and O–H groups in total. The van der Waals surface area contributed by atoms with E-state index in [0.29, 0.717) is 18.0 Å². The smallest absolute Gasteiger partial charge is 0.166 e. The lowest BCUT2D eigenvalue weighted by Crippen LogP contribution is -2.37. The lowest BCUT2D eigenvalue weighted by molar-refractivity contribution is -0.0336. The molecule has 2 aromatic carbocycles. The highest BCUT2D eigenvalue weighted by Crippen LogP contribution is 2.33. The van der Waals surface area contributed by atoms with Crippen molar-refractivity contribution in [2.45, 2.75) is 25.0 Å². The largest absolute Gasteiger partial charge is 0.386 e. The Hall–Kier alpha value is -2.66. The summed E-state index contributed by atoms with van der Waals surface area (Å²) in [5.41, 5.74) is 2.46. The van der Waals surface area contributed by atoms with Crippen molar-refractivity contribution in [2.24, 2.45) is 5.16 Å². The van der Waals surface area contributed by atoms with E-state index in [-0.39, 0.29) is 0 Å². The Bertz CT molecular complexity index is 879. The van der Waals surface area contributed by atoms with Crippen LogP contribution in [0.2, 0.25) is 5.02 Å². The molecule has 1 aliphatic heterocycles. The van der Waals surface area contributed by atoms with E-state index in [1.807, 2.05) is 42.5 Å². The van der Waals surface area contributed by atoms with E-state index in [9.17, 15) is 0 Å². The van der Waals surface area contributed by atoms with Crippen molar-refractivity contribution in [2.75, 3.05) is 0 Å². The summed E-state index contributed by atoms with van der Waals surface area (Å²) in [5.74, 6) is 0. The number of halogens is 1. The molecular weight excluding hydrogens is 336 g/mol. The predicted molar refractivity (Wildman–Crippen MR) is 96.6 cm³/mol. The summed E-state index contributed by atoms with van der Waals surface area (Å²) in [6.45, 7) is 0.569. The molecule has 0 radical (unpaired) electrons. The van der Waals surface area contributed by atoms with Gasteiger partial charge < -0.3 is 4.84 Å². The number of oxime groups is 1. The summed E-state index contributed by atoms with van der Waals surface area (Å²) < 4.78 is 1.79. The Kier molecular flexibility index (Phi) is 4.24. The standard InChI is InChI=1S/C19H17ClN4O/c20-17-9-5-4-8-16(17)18-11-19(25-23-18,12-24-14-21-13-22-24)10-15-6-2-1-3-7-15/h1-9,13-14H,10-12H2. The first-order valence-corrected chi connectivity index (χ1v) is 8.48. The van der Waals surface area contributed by atoms with E-state index in [1.165, 1.54) is 11.9 Å². The van der Waals surface area contributed by atoms with Crippen LogP contribution in [0.4, 0.5) is 0 Å². The summed E-state index contributed by atoms with van der Waals surface area (Å²) >= 11 is 6.34. The molecule has 0 fully saturated rings. The molecule has 0 saturated heterocycles. The first kappa shape index (κ1) is 15.8. The molecular formula is C19H17ClN4O. The molecule has 0 spiro atoms. The van der Waals surface area contributed by atoms with Gasteiger partial charge >= 0.3 is 0 Å². The van der Waals surface area contributed by atoms with Gasteiger partial charge in [-0.15, -0.1) is 0 Å². The third-order valence-electron chi connectivity index (χ3n) is 4.31. The van der Waals surface area contributed by atoms with Gasteiger partial charge in [-0.05, 0) is 11.6 Å². The molecule has 126 valence electrons. The zero-order valence-corrected chi connectivity index (χ0v) is 14.3. The van der Waals surface area contributed by atoms with Crippen LogP contribution in [0.3, 0.4) is 0 Å². The van der Waals surface area contributed by atoms with E-state index in [4.69, 9.17) is 16.4 Å². The number of hydrogen-bond acceptors (Lipinski definition) is 4. The van der Waals surface area contributed by atoms with E-state index >= 15 is 0 Å². The van der Waals surface area contributed by atoms with Crippen LogP contribution in [-0.4, -0.2) is 26.1 Å². The Balaban J connectivity index is 1.63. The molecule has 1 aliphatic rings. The second-order valence-electron chi connectivity index (χ2n) is 6.22. The third kappa shape index (κ3) is 3.42. The number of hydrogen-bond donors (Lipinski definition) is 0. The quantitative estimate of drug-likeness (QED) is 0.703. The Labute approximate surface area is 150 Å². The van der Waals surface area contributed by atoms with Gasteiger partial charge in [0.05, 0.1) is 12.3 Å². The lowest BCUT2D eigenvalue weighted by Gasteiger charge is -2.26. The first-order chi connectivity index (χ1) is 12.2. The molecule has 6 heteroatoms. The number of nitrogens with zero attached hydrogens (tertiary/aromatic N) is 4. The van der Waals surface area contributed by atoms with Crippen LogP contribution in [0.25, 0.3) is 0 Å².